The number of aromatic nitrogens is 2. The number of benzene rings is 1. The second-order valence-corrected chi connectivity index (χ2v) is 4.97. The van der Waals surface area contributed by atoms with Crippen molar-refractivity contribution in [3.05, 3.63) is 53.3 Å². The molecule has 0 bridgehead atoms. The van der Waals surface area contributed by atoms with E-state index < -0.39 is 11.7 Å². The van der Waals surface area contributed by atoms with E-state index in [1.54, 1.807) is 12.3 Å². The molecule has 1 aromatic carbocycles. The van der Waals surface area contributed by atoms with Gasteiger partial charge in [0.25, 0.3) is 0 Å². The number of hydrogen-bond acceptors (Lipinski definition) is 3. The summed E-state index contributed by atoms with van der Waals surface area (Å²) in [6.07, 6.45) is -2.04. The van der Waals surface area contributed by atoms with Gasteiger partial charge in [0, 0.05) is 17.9 Å². The Morgan fingerprint density at radius 1 is 1.14 bits per heavy atom. The number of nitrogens with zero attached hydrogens (tertiary/aromatic N) is 2. The third-order valence-electron chi connectivity index (χ3n) is 2.99. The van der Waals surface area contributed by atoms with Crippen molar-refractivity contribution < 1.29 is 13.2 Å². The first kappa shape index (κ1) is 15.3. The topological polar surface area (TPSA) is 37.8 Å². The molecule has 1 heterocycles. The molecule has 0 aliphatic rings. The average molecular weight is 295 g/mol. The van der Waals surface area contributed by atoms with E-state index in [0.29, 0.717) is 12.4 Å². The molecule has 0 saturated carbocycles. The summed E-state index contributed by atoms with van der Waals surface area (Å²) < 4.78 is 37.4. The van der Waals surface area contributed by atoms with E-state index in [0.717, 1.165) is 23.4 Å². The van der Waals surface area contributed by atoms with E-state index in [-0.39, 0.29) is 6.04 Å². The van der Waals surface area contributed by atoms with E-state index in [2.05, 4.69) is 15.3 Å². The lowest BCUT2D eigenvalue weighted by Crippen LogP contribution is -2.20. The minimum Gasteiger partial charge on any atom is -0.351 e. The van der Waals surface area contributed by atoms with Crippen LogP contribution in [-0.4, -0.2) is 16.0 Å². The quantitative estimate of drug-likeness (QED) is 0.931. The second kappa shape index (κ2) is 6.11. The normalized spacial score (nSPS) is 13.0. The highest BCUT2D eigenvalue weighted by atomic mass is 19.4. The van der Waals surface area contributed by atoms with Crippen molar-refractivity contribution in [1.82, 2.24) is 9.97 Å². The molecule has 0 aliphatic heterocycles. The van der Waals surface area contributed by atoms with Crippen molar-refractivity contribution in [3.8, 4) is 0 Å². The fourth-order valence-electron chi connectivity index (χ4n) is 1.97. The molecule has 0 saturated heterocycles. The summed E-state index contributed by atoms with van der Waals surface area (Å²) in [5.41, 5.74) is 1.05. The average Bonchev–Trinajstić information content (AvgIpc) is 2.38. The molecular formula is C15H16F3N3. The fourth-order valence-corrected chi connectivity index (χ4v) is 1.97. The lowest BCUT2D eigenvalue weighted by Gasteiger charge is -2.14. The van der Waals surface area contributed by atoms with Crippen LogP contribution in [-0.2, 0) is 12.6 Å². The Kier molecular flexibility index (Phi) is 4.45. The lowest BCUT2D eigenvalue weighted by molar-refractivity contribution is -0.137. The van der Waals surface area contributed by atoms with Crippen LogP contribution < -0.4 is 5.32 Å². The summed E-state index contributed by atoms with van der Waals surface area (Å²) >= 11 is 0. The molecular weight excluding hydrogens is 279 g/mol. The molecule has 3 nitrogen and oxygen atoms in total. The van der Waals surface area contributed by atoms with Crippen LogP contribution in [0.2, 0.25) is 0 Å². The Labute approximate surface area is 121 Å². The van der Waals surface area contributed by atoms with Crippen LogP contribution in [0.5, 0.6) is 0 Å². The summed E-state index contributed by atoms with van der Waals surface area (Å²) in [5, 5.41) is 3.13. The van der Waals surface area contributed by atoms with Gasteiger partial charge >= 0.3 is 6.18 Å². The van der Waals surface area contributed by atoms with Crippen LogP contribution >= 0.6 is 0 Å². The maximum absolute atomic E-state index is 12.5. The molecule has 2 rings (SSSR count). The Balaban J connectivity index is 1.98. The molecule has 1 N–H and O–H groups in total. The largest absolute Gasteiger partial charge is 0.416 e. The number of anilines is 1. The van der Waals surface area contributed by atoms with Crippen LogP contribution in [0.4, 0.5) is 19.1 Å². The van der Waals surface area contributed by atoms with Gasteiger partial charge in [-0.05, 0) is 44.0 Å². The lowest BCUT2D eigenvalue weighted by atomic mass is 10.1. The summed E-state index contributed by atoms with van der Waals surface area (Å²) in [7, 11) is 0. The van der Waals surface area contributed by atoms with E-state index in [4.69, 9.17) is 0 Å². The third kappa shape index (κ3) is 4.44. The van der Waals surface area contributed by atoms with Gasteiger partial charge in [-0.15, -0.1) is 0 Å². The molecule has 0 aliphatic carbocycles. The molecule has 0 fully saturated rings. The van der Waals surface area contributed by atoms with Gasteiger partial charge in [0.05, 0.1) is 5.56 Å². The predicted octanol–water partition coefficient (Wildman–Crippen LogP) is 3.85. The van der Waals surface area contributed by atoms with Crippen molar-refractivity contribution in [2.75, 3.05) is 5.32 Å². The zero-order valence-electron chi connectivity index (χ0n) is 11.8. The molecule has 1 aromatic heterocycles. The van der Waals surface area contributed by atoms with Crippen LogP contribution in [0.3, 0.4) is 0 Å². The molecule has 0 radical (unpaired) electrons. The van der Waals surface area contributed by atoms with Gasteiger partial charge < -0.3 is 5.32 Å². The smallest absolute Gasteiger partial charge is 0.351 e. The first-order chi connectivity index (χ1) is 9.84. The summed E-state index contributed by atoms with van der Waals surface area (Å²) in [5.74, 6) is 0.523. The highest BCUT2D eigenvalue weighted by Gasteiger charge is 2.29. The monoisotopic (exact) mass is 295 g/mol. The molecule has 1 atom stereocenters. The highest BCUT2D eigenvalue weighted by molar-refractivity contribution is 5.29. The number of rotatable bonds is 4. The minimum absolute atomic E-state index is 0.0172. The predicted molar refractivity (Wildman–Crippen MR) is 75.0 cm³/mol. The number of alkyl halides is 3. The first-order valence-corrected chi connectivity index (χ1v) is 6.57. The Hall–Kier alpha value is -2.11. The van der Waals surface area contributed by atoms with Gasteiger partial charge in [-0.25, -0.2) is 9.97 Å². The standard InChI is InChI=1S/C15H16F3N3/c1-10-7-8-19-14(20-10)21-11(2)9-12-3-5-13(6-4-12)15(16,17)18/h3-8,11H,9H2,1-2H3,(H,19,20,21). The van der Waals surface area contributed by atoms with Crippen molar-refractivity contribution in [1.29, 1.82) is 0 Å². The van der Waals surface area contributed by atoms with Crippen LogP contribution in [0.25, 0.3) is 0 Å². The SMILES string of the molecule is Cc1ccnc(NC(C)Cc2ccc(C(F)(F)F)cc2)n1. The Morgan fingerprint density at radius 3 is 2.38 bits per heavy atom. The molecule has 0 spiro atoms. The van der Waals surface area contributed by atoms with E-state index in [9.17, 15) is 13.2 Å². The van der Waals surface area contributed by atoms with Gasteiger partial charge in [0.1, 0.15) is 0 Å². The second-order valence-electron chi connectivity index (χ2n) is 4.97. The minimum atomic E-state index is -4.29. The molecule has 2 aromatic rings. The first-order valence-electron chi connectivity index (χ1n) is 6.57. The van der Waals surface area contributed by atoms with Gasteiger partial charge in [0.2, 0.25) is 5.95 Å². The molecule has 0 amide bonds. The summed E-state index contributed by atoms with van der Waals surface area (Å²) in [4.78, 5) is 8.33. The Bertz CT molecular complexity index is 594. The van der Waals surface area contributed by atoms with Crippen molar-refractivity contribution in [2.45, 2.75) is 32.5 Å². The summed E-state index contributed by atoms with van der Waals surface area (Å²) in [6.45, 7) is 3.80. The maximum Gasteiger partial charge on any atom is 0.416 e. The van der Waals surface area contributed by atoms with Crippen LogP contribution in [0.1, 0.15) is 23.7 Å². The van der Waals surface area contributed by atoms with Crippen LogP contribution in [0, 0.1) is 6.92 Å². The molecule has 21 heavy (non-hydrogen) atoms. The number of hydrogen-bond donors (Lipinski definition) is 1. The Morgan fingerprint density at radius 2 is 1.81 bits per heavy atom. The molecule has 1 unspecified atom stereocenters. The summed E-state index contributed by atoms with van der Waals surface area (Å²) in [6, 6.07) is 7.02. The van der Waals surface area contributed by atoms with E-state index >= 15 is 0 Å². The number of halogens is 3. The zero-order chi connectivity index (χ0) is 15.5. The van der Waals surface area contributed by atoms with E-state index in [1.807, 2.05) is 13.8 Å². The van der Waals surface area contributed by atoms with Gasteiger partial charge in [-0.3, -0.25) is 0 Å². The zero-order valence-corrected chi connectivity index (χ0v) is 11.8. The van der Waals surface area contributed by atoms with Gasteiger partial charge in [0.15, 0.2) is 0 Å². The van der Waals surface area contributed by atoms with Crippen molar-refractivity contribution >= 4 is 5.95 Å². The maximum atomic E-state index is 12.5. The van der Waals surface area contributed by atoms with Gasteiger partial charge in [-0.2, -0.15) is 13.2 Å². The number of aryl methyl sites for hydroxylation is 1. The molecule has 112 valence electrons. The van der Waals surface area contributed by atoms with Gasteiger partial charge in [-0.1, -0.05) is 12.1 Å². The van der Waals surface area contributed by atoms with Crippen molar-refractivity contribution in [2.24, 2.45) is 0 Å². The van der Waals surface area contributed by atoms with Crippen LogP contribution in [0.15, 0.2) is 36.5 Å². The molecule has 6 heteroatoms. The van der Waals surface area contributed by atoms with E-state index in [1.165, 1.54) is 12.1 Å². The van der Waals surface area contributed by atoms with Crippen molar-refractivity contribution in [3.63, 3.8) is 0 Å². The highest BCUT2D eigenvalue weighted by Crippen LogP contribution is 2.29. The number of nitrogens with one attached hydrogen (secondary N) is 1. The third-order valence-corrected chi connectivity index (χ3v) is 2.99. The fraction of sp³-hybridized carbons (Fsp3) is 0.333.